The van der Waals surface area contributed by atoms with Gasteiger partial charge < -0.3 is 15.4 Å². The molecule has 0 radical (unpaired) electrons. The molecule has 5 nitrogen and oxygen atoms in total. The second-order valence-electron chi connectivity index (χ2n) is 7.29. The van der Waals surface area contributed by atoms with Crippen LogP contribution in [0.5, 0.6) is 0 Å². The highest BCUT2D eigenvalue weighted by molar-refractivity contribution is 8.00. The van der Waals surface area contributed by atoms with Crippen molar-refractivity contribution in [2.75, 3.05) is 13.1 Å². The number of alkyl carbamates (subject to hydrolysis) is 1. The van der Waals surface area contributed by atoms with Crippen LogP contribution in [0.1, 0.15) is 38.0 Å². The lowest BCUT2D eigenvalue weighted by Crippen LogP contribution is -2.35. The molecule has 6 heteroatoms. The molecule has 2 N–H and O–H groups in total. The highest BCUT2D eigenvalue weighted by Gasteiger charge is 2.21. The SMILES string of the molecule is CC(C)(C)OC(=O)NCCCNC(=O)C(Sc1ccccc1)c1ccccc1. The Morgan fingerprint density at radius 2 is 1.50 bits per heavy atom. The maximum atomic E-state index is 12.8. The van der Waals surface area contributed by atoms with Crippen LogP contribution in [0.3, 0.4) is 0 Å². The van der Waals surface area contributed by atoms with E-state index in [-0.39, 0.29) is 11.2 Å². The molecule has 0 saturated heterocycles. The first-order valence-electron chi connectivity index (χ1n) is 9.36. The molecule has 2 aromatic rings. The summed E-state index contributed by atoms with van der Waals surface area (Å²) < 4.78 is 5.19. The van der Waals surface area contributed by atoms with Crippen LogP contribution in [0.4, 0.5) is 4.79 Å². The minimum absolute atomic E-state index is 0.0441. The number of rotatable bonds is 8. The van der Waals surface area contributed by atoms with Crippen molar-refractivity contribution in [3.63, 3.8) is 0 Å². The molecule has 2 rings (SSSR count). The predicted molar refractivity (Wildman–Crippen MR) is 113 cm³/mol. The Morgan fingerprint density at radius 1 is 0.929 bits per heavy atom. The smallest absolute Gasteiger partial charge is 0.407 e. The fourth-order valence-electron chi connectivity index (χ4n) is 2.43. The second-order valence-corrected chi connectivity index (χ2v) is 8.47. The molecule has 150 valence electrons. The molecular weight excluding hydrogens is 372 g/mol. The zero-order valence-electron chi connectivity index (χ0n) is 16.6. The van der Waals surface area contributed by atoms with E-state index in [2.05, 4.69) is 10.6 Å². The molecule has 0 bridgehead atoms. The van der Waals surface area contributed by atoms with Crippen molar-refractivity contribution in [1.82, 2.24) is 10.6 Å². The molecular formula is C22H28N2O3S. The van der Waals surface area contributed by atoms with Crippen molar-refractivity contribution in [3.8, 4) is 0 Å². The van der Waals surface area contributed by atoms with Gasteiger partial charge in [0, 0.05) is 18.0 Å². The van der Waals surface area contributed by atoms with Gasteiger partial charge in [-0.1, -0.05) is 48.5 Å². The van der Waals surface area contributed by atoms with Gasteiger partial charge in [-0.05, 0) is 44.9 Å². The van der Waals surface area contributed by atoms with Gasteiger partial charge in [0.15, 0.2) is 0 Å². The maximum Gasteiger partial charge on any atom is 0.407 e. The van der Waals surface area contributed by atoms with Crippen LogP contribution in [-0.2, 0) is 9.53 Å². The maximum absolute atomic E-state index is 12.8. The number of thioether (sulfide) groups is 1. The number of nitrogens with one attached hydrogen (secondary N) is 2. The highest BCUT2D eigenvalue weighted by Crippen LogP contribution is 2.35. The Kier molecular flexibility index (Phi) is 8.39. The van der Waals surface area contributed by atoms with E-state index in [1.165, 1.54) is 11.8 Å². The first kappa shape index (κ1) is 21.8. The van der Waals surface area contributed by atoms with Crippen LogP contribution in [0.2, 0.25) is 0 Å². The van der Waals surface area contributed by atoms with E-state index in [0.29, 0.717) is 19.5 Å². The Morgan fingerprint density at radius 3 is 2.11 bits per heavy atom. The summed E-state index contributed by atoms with van der Waals surface area (Å²) in [7, 11) is 0. The summed E-state index contributed by atoms with van der Waals surface area (Å²) in [6.07, 6.45) is 0.184. The van der Waals surface area contributed by atoms with Crippen LogP contribution < -0.4 is 10.6 Å². The van der Waals surface area contributed by atoms with E-state index in [4.69, 9.17) is 4.74 Å². The summed E-state index contributed by atoms with van der Waals surface area (Å²) in [5, 5.41) is 5.34. The van der Waals surface area contributed by atoms with Crippen molar-refractivity contribution >= 4 is 23.8 Å². The third kappa shape index (κ3) is 8.05. The van der Waals surface area contributed by atoms with Crippen LogP contribution in [0.25, 0.3) is 0 Å². The lowest BCUT2D eigenvalue weighted by atomic mass is 10.1. The summed E-state index contributed by atoms with van der Waals surface area (Å²) in [5.41, 5.74) is 0.441. The Hall–Kier alpha value is -2.47. The molecule has 0 aromatic heterocycles. The van der Waals surface area contributed by atoms with Crippen LogP contribution in [-0.4, -0.2) is 30.7 Å². The van der Waals surface area contributed by atoms with Gasteiger partial charge in [0.2, 0.25) is 5.91 Å². The molecule has 0 heterocycles. The topological polar surface area (TPSA) is 67.4 Å². The van der Waals surface area contributed by atoms with E-state index in [0.717, 1.165) is 10.5 Å². The van der Waals surface area contributed by atoms with Crippen LogP contribution in [0, 0.1) is 0 Å². The average Bonchev–Trinajstić information content (AvgIpc) is 2.66. The zero-order chi connectivity index (χ0) is 20.4. The minimum Gasteiger partial charge on any atom is -0.444 e. The van der Waals surface area contributed by atoms with Crippen molar-refractivity contribution in [3.05, 3.63) is 66.2 Å². The van der Waals surface area contributed by atoms with Gasteiger partial charge in [-0.3, -0.25) is 4.79 Å². The van der Waals surface area contributed by atoms with E-state index in [9.17, 15) is 9.59 Å². The lowest BCUT2D eigenvalue weighted by Gasteiger charge is -2.20. The number of benzene rings is 2. The van der Waals surface area contributed by atoms with Crippen LogP contribution in [0.15, 0.2) is 65.6 Å². The van der Waals surface area contributed by atoms with Gasteiger partial charge in [0.1, 0.15) is 10.9 Å². The molecule has 1 unspecified atom stereocenters. The third-order valence-corrected chi connectivity index (χ3v) is 4.92. The fourth-order valence-corrected chi connectivity index (χ4v) is 3.50. The Labute approximate surface area is 171 Å². The van der Waals surface area contributed by atoms with Gasteiger partial charge in [-0.25, -0.2) is 4.79 Å². The highest BCUT2D eigenvalue weighted by atomic mass is 32.2. The Bertz CT molecular complexity index is 745. The molecule has 0 aliphatic carbocycles. The monoisotopic (exact) mass is 400 g/mol. The van der Waals surface area contributed by atoms with Crippen molar-refractivity contribution in [2.24, 2.45) is 0 Å². The number of carbonyl (C=O) groups is 2. The van der Waals surface area contributed by atoms with Gasteiger partial charge >= 0.3 is 6.09 Å². The average molecular weight is 401 g/mol. The molecule has 0 saturated carbocycles. The first-order chi connectivity index (χ1) is 13.3. The van der Waals surface area contributed by atoms with Gasteiger partial charge in [-0.2, -0.15) is 0 Å². The summed E-state index contributed by atoms with van der Waals surface area (Å²) in [4.78, 5) is 25.5. The van der Waals surface area contributed by atoms with E-state index >= 15 is 0 Å². The molecule has 28 heavy (non-hydrogen) atoms. The van der Waals surface area contributed by atoms with Crippen molar-refractivity contribution < 1.29 is 14.3 Å². The third-order valence-electron chi connectivity index (χ3n) is 3.66. The van der Waals surface area contributed by atoms with Crippen molar-refractivity contribution in [2.45, 2.75) is 42.9 Å². The molecule has 1 atom stereocenters. The predicted octanol–water partition coefficient (Wildman–Crippen LogP) is 4.55. The molecule has 2 aromatic carbocycles. The number of ether oxygens (including phenoxy) is 1. The quantitative estimate of drug-likeness (QED) is 0.504. The molecule has 0 spiro atoms. The van der Waals surface area contributed by atoms with Gasteiger partial charge in [0.05, 0.1) is 0 Å². The fraction of sp³-hybridized carbons (Fsp3) is 0.364. The van der Waals surface area contributed by atoms with Gasteiger partial charge in [-0.15, -0.1) is 11.8 Å². The van der Waals surface area contributed by atoms with Gasteiger partial charge in [0.25, 0.3) is 0 Å². The standard InChI is InChI=1S/C22H28N2O3S/c1-22(2,3)27-21(26)24-16-10-15-23-20(25)19(17-11-6-4-7-12-17)28-18-13-8-5-9-14-18/h4-9,11-14,19H,10,15-16H2,1-3H3,(H,23,25)(H,24,26). The lowest BCUT2D eigenvalue weighted by molar-refractivity contribution is -0.120. The number of hydrogen-bond donors (Lipinski definition) is 2. The van der Waals surface area contributed by atoms with Crippen molar-refractivity contribution in [1.29, 1.82) is 0 Å². The minimum atomic E-state index is -0.518. The second kappa shape index (κ2) is 10.8. The van der Waals surface area contributed by atoms with E-state index in [1.54, 1.807) is 0 Å². The summed E-state index contributed by atoms with van der Waals surface area (Å²) >= 11 is 1.52. The molecule has 0 aliphatic rings. The summed E-state index contributed by atoms with van der Waals surface area (Å²) in [5.74, 6) is -0.0441. The number of hydrogen-bond acceptors (Lipinski definition) is 4. The summed E-state index contributed by atoms with van der Waals surface area (Å²) in [6, 6.07) is 19.6. The zero-order valence-corrected chi connectivity index (χ0v) is 17.4. The normalized spacial score (nSPS) is 12.1. The largest absolute Gasteiger partial charge is 0.444 e. The molecule has 0 fully saturated rings. The molecule has 2 amide bonds. The molecule has 0 aliphatic heterocycles. The van der Waals surface area contributed by atoms with E-state index < -0.39 is 11.7 Å². The summed E-state index contributed by atoms with van der Waals surface area (Å²) in [6.45, 7) is 6.38. The van der Waals surface area contributed by atoms with Crippen LogP contribution >= 0.6 is 11.8 Å². The van der Waals surface area contributed by atoms with E-state index in [1.807, 2.05) is 81.4 Å². The number of amides is 2. The first-order valence-corrected chi connectivity index (χ1v) is 10.2. The Balaban J connectivity index is 1.85. The number of carbonyl (C=O) groups excluding carboxylic acids is 2.